The van der Waals surface area contributed by atoms with Gasteiger partial charge in [-0.2, -0.15) is 0 Å². The molecule has 0 saturated heterocycles. The highest BCUT2D eigenvalue weighted by molar-refractivity contribution is 9.10. The summed E-state index contributed by atoms with van der Waals surface area (Å²) in [4.78, 5) is 0. The average Bonchev–Trinajstić information content (AvgIpc) is 3.32. The Bertz CT molecular complexity index is 681. The molecule has 21 heavy (non-hydrogen) atoms. The maximum atomic E-state index is 6.38. The zero-order valence-electron chi connectivity index (χ0n) is 11.8. The summed E-state index contributed by atoms with van der Waals surface area (Å²) in [5.74, 6) is 1.65. The van der Waals surface area contributed by atoms with Gasteiger partial charge < -0.3 is 10.5 Å². The van der Waals surface area contributed by atoms with Crippen molar-refractivity contribution in [3.8, 4) is 5.75 Å². The van der Waals surface area contributed by atoms with Crippen LogP contribution in [0.15, 0.2) is 46.9 Å². The summed E-state index contributed by atoms with van der Waals surface area (Å²) in [7, 11) is 0. The van der Waals surface area contributed by atoms with Crippen molar-refractivity contribution in [2.45, 2.75) is 37.3 Å². The van der Waals surface area contributed by atoms with E-state index in [4.69, 9.17) is 10.5 Å². The van der Waals surface area contributed by atoms with Gasteiger partial charge in [-0.3, -0.25) is 0 Å². The number of hydrogen-bond donors (Lipinski definition) is 1. The van der Waals surface area contributed by atoms with Gasteiger partial charge in [0.05, 0.1) is 0 Å². The molecule has 2 N–H and O–H groups in total. The van der Waals surface area contributed by atoms with E-state index >= 15 is 0 Å². The molecule has 1 saturated carbocycles. The van der Waals surface area contributed by atoms with Crippen molar-refractivity contribution in [1.29, 1.82) is 0 Å². The Kier molecular flexibility index (Phi) is 3.27. The van der Waals surface area contributed by atoms with Gasteiger partial charge in [0, 0.05) is 22.5 Å². The molecule has 0 amide bonds. The lowest BCUT2D eigenvalue weighted by Crippen LogP contribution is -2.24. The van der Waals surface area contributed by atoms with Crippen molar-refractivity contribution >= 4 is 15.9 Å². The zero-order chi connectivity index (χ0) is 14.4. The highest BCUT2D eigenvalue weighted by Crippen LogP contribution is 2.47. The van der Waals surface area contributed by atoms with Crippen LogP contribution in [0.3, 0.4) is 0 Å². The van der Waals surface area contributed by atoms with Crippen molar-refractivity contribution in [3.05, 3.63) is 63.6 Å². The number of ether oxygens (including phenoxy) is 1. The van der Waals surface area contributed by atoms with Gasteiger partial charge in [0.25, 0.3) is 0 Å². The van der Waals surface area contributed by atoms with E-state index in [0.29, 0.717) is 0 Å². The predicted molar refractivity (Wildman–Crippen MR) is 87.5 cm³/mol. The lowest BCUT2D eigenvalue weighted by molar-refractivity contribution is 0.160. The van der Waals surface area contributed by atoms with Crippen LogP contribution in [0, 0.1) is 0 Å². The van der Waals surface area contributed by atoms with E-state index in [1.165, 1.54) is 24.0 Å². The largest absolute Gasteiger partial charge is 0.485 e. The quantitative estimate of drug-likeness (QED) is 0.845. The highest BCUT2D eigenvalue weighted by Gasteiger charge is 2.32. The van der Waals surface area contributed by atoms with Gasteiger partial charge >= 0.3 is 0 Å². The molecule has 3 heteroatoms. The topological polar surface area (TPSA) is 35.2 Å². The molecule has 2 aliphatic rings. The molecule has 1 aliphatic carbocycles. The van der Waals surface area contributed by atoms with Gasteiger partial charge in [-0.15, -0.1) is 0 Å². The van der Waals surface area contributed by atoms with Crippen LogP contribution < -0.4 is 10.5 Å². The lowest BCUT2D eigenvalue weighted by Gasteiger charge is -2.31. The van der Waals surface area contributed by atoms with Crippen molar-refractivity contribution in [2.75, 3.05) is 0 Å². The van der Waals surface area contributed by atoms with Crippen molar-refractivity contribution in [3.63, 3.8) is 0 Å². The molecular formula is C18H18BrNO. The van der Waals surface area contributed by atoms with Crippen LogP contribution in [-0.2, 0) is 0 Å². The van der Waals surface area contributed by atoms with Crippen LogP contribution in [0.2, 0.25) is 0 Å². The maximum Gasteiger partial charge on any atom is 0.126 e. The fourth-order valence-corrected chi connectivity index (χ4v) is 3.61. The number of nitrogens with two attached hydrogens (primary N) is 1. The van der Waals surface area contributed by atoms with Crippen LogP contribution >= 0.6 is 15.9 Å². The first kappa shape index (κ1) is 13.4. The van der Waals surface area contributed by atoms with E-state index in [0.717, 1.165) is 28.1 Å². The van der Waals surface area contributed by atoms with Crippen LogP contribution in [0.25, 0.3) is 0 Å². The van der Waals surface area contributed by atoms with Gasteiger partial charge in [0.15, 0.2) is 0 Å². The maximum absolute atomic E-state index is 6.38. The first-order chi connectivity index (χ1) is 10.2. The normalized spacial score (nSPS) is 24.3. The molecule has 2 atom stereocenters. The molecule has 0 spiro atoms. The molecule has 1 aliphatic heterocycles. The Morgan fingerprint density at radius 2 is 1.76 bits per heavy atom. The Hall–Kier alpha value is -1.32. The third kappa shape index (κ3) is 2.49. The van der Waals surface area contributed by atoms with Crippen LogP contribution in [0.1, 0.15) is 54.0 Å². The second-order valence-electron chi connectivity index (χ2n) is 6.03. The first-order valence-corrected chi connectivity index (χ1v) is 8.32. The molecule has 108 valence electrons. The fraction of sp³-hybridized carbons (Fsp3) is 0.333. The minimum absolute atomic E-state index is 0.0310. The minimum Gasteiger partial charge on any atom is -0.485 e. The van der Waals surface area contributed by atoms with E-state index in [9.17, 15) is 0 Å². The van der Waals surface area contributed by atoms with Crippen LogP contribution in [0.4, 0.5) is 0 Å². The van der Waals surface area contributed by atoms with Gasteiger partial charge in [0.1, 0.15) is 11.9 Å². The first-order valence-electron chi connectivity index (χ1n) is 7.53. The Labute approximate surface area is 133 Å². The van der Waals surface area contributed by atoms with E-state index in [2.05, 4.69) is 46.3 Å². The average molecular weight is 344 g/mol. The van der Waals surface area contributed by atoms with E-state index < -0.39 is 0 Å². The van der Waals surface area contributed by atoms with E-state index in [1.807, 2.05) is 12.1 Å². The minimum atomic E-state index is 0.0310. The third-order valence-corrected chi connectivity index (χ3v) is 4.96. The summed E-state index contributed by atoms with van der Waals surface area (Å²) in [6, 6.07) is 14.8. The summed E-state index contributed by atoms with van der Waals surface area (Å²) >= 11 is 3.51. The second-order valence-corrected chi connectivity index (χ2v) is 6.95. The second kappa shape index (κ2) is 5.15. The molecule has 0 bridgehead atoms. The highest BCUT2D eigenvalue weighted by atomic mass is 79.9. The fourth-order valence-electron chi connectivity index (χ4n) is 3.24. The van der Waals surface area contributed by atoms with Crippen molar-refractivity contribution in [1.82, 2.24) is 0 Å². The van der Waals surface area contributed by atoms with E-state index in [1.54, 1.807) is 0 Å². The summed E-state index contributed by atoms with van der Waals surface area (Å²) < 4.78 is 7.31. The Balaban J connectivity index is 1.71. The number of benzene rings is 2. The molecular weight excluding hydrogens is 326 g/mol. The van der Waals surface area contributed by atoms with Crippen molar-refractivity contribution < 1.29 is 4.74 Å². The molecule has 2 nitrogen and oxygen atoms in total. The molecule has 1 fully saturated rings. The van der Waals surface area contributed by atoms with Gasteiger partial charge in [-0.1, -0.05) is 40.2 Å². The van der Waals surface area contributed by atoms with Crippen molar-refractivity contribution in [2.24, 2.45) is 5.73 Å². The number of rotatable bonds is 2. The molecule has 2 aromatic rings. The van der Waals surface area contributed by atoms with Gasteiger partial charge in [-0.25, -0.2) is 0 Å². The molecule has 0 radical (unpaired) electrons. The summed E-state index contributed by atoms with van der Waals surface area (Å²) in [5, 5.41) is 0. The van der Waals surface area contributed by atoms with Gasteiger partial charge in [-0.05, 0) is 48.1 Å². The zero-order valence-corrected chi connectivity index (χ0v) is 13.3. The molecule has 1 heterocycles. The molecule has 1 unspecified atom stereocenters. The number of fused-ring (bicyclic) bond motifs is 1. The van der Waals surface area contributed by atoms with Gasteiger partial charge in [0.2, 0.25) is 0 Å². The number of halogens is 1. The lowest BCUT2D eigenvalue weighted by atomic mass is 9.90. The monoisotopic (exact) mass is 343 g/mol. The smallest absolute Gasteiger partial charge is 0.126 e. The number of hydrogen-bond acceptors (Lipinski definition) is 2. The molecule has 4 rings (SSSR count). The Morgan fingerprint density at radius 1 is 1.00 bits per heavy atom. The predicted octanol–water partition coefficient (Wildman–Crippen LogP) is 4.85. The third-order valence-electron chi connectivity index (χ3n) is 4.47. The molecule has 0 aromatic heterocycles. The summed E-state index contributed by atoms with van der Waals surface area (Å²) in [6.45, 7) is 0. The van der Waals surface area contributed by atoms with Crippen LogP contribution in [0.5, 0.6) is 5.75 Å². The summed E-state index contributed by atoms with van der Waals surface area (Å²) in [6.07, 6.45) is 3.52. The van der Waals surface area contributed by atoms with E-state index in [-0.39, 0.29) is 12.1 Å². The Morgan fingerprint density at radius 3 is 2.52 bits per heavy atom. The molecule has 2 aromatic carbocycles. The SMILES string of the molecule is N[C@H]1CC(c2ccccc2C2CC2)Oc2ccc(Br)cc21. The van der Waals surface area contributed by atoms with Crippen LogP contribution in [-0.4, -0.2) is 0 Å². The summed E-state index contributed by atoms with van der Waals surface area (Å²) in [5.41, 5.74) is 10.3. The standard InChI is InChI=1S/C18H18BrNO/c19-12-7-8-17-15(9-12)16(20)10-18(21-17)14-4-2-1-3-13(14)11-5-6-11/h1-4,7-9,11,16,18H,5-6,10,20H2/t16-,18?/m0/s1.